The average Bonchev–Trinajstić information content (AvgIpc) is 3.16. The first kappa shape index (κ1) is 23.7. The van der Waals surface area contributed by atoms with Gasteiger partial charge in [0, 0.05) is 22.8 Å². The lowest BCUT2D eigenvalue weighted by molar-refractivity contribution is 0.102. The molecule has 10 nitrogen and oxygen atoms in total. The first-order valence-corrected chi connectivity index (χ1v) is 11.4. The molecule has 0 atom stereocenters. The molecule has 2 aromatic carbocycles. The van der Waals surface area contributed by atoms with E-state index in [1.54, 1.807) is 53.2 Å². The van der Waals surface area contributed by atoms with Crippen molar-refractivity contribution in [2.24, 2.45) is 0 Å². The zero-order valence-corrected chi connectivity index (χ0v) is 20.6. The van der Waals surface area contributed by atoms with Gasteiger partial charge in [0.05, 0.1) is 12.8 Å². The maximum Gasteiger partial charge on any atom is 0.349 e. The monoisotopic (exact) mass is 497 g/mol. The van der Waals surface area contributed by atoms with Crippen LogP contribution in [0, 0.1) is 20.8 Å². The van der Waals surface area contributed by atoms with Gasteiger partial charge in [0.2, 0.25) is 5.88 Å². The van der Waals surface area contributed by atoms with Crippen molar-refractivity contribution < 1.29 is 18.7 Å². The summed E-state index contributed by atoms with van der Waals surface area (Å²) in [7, 11) is 1.48. The summed E-state index contributed by atoms with van der Waals surface area (Å²) in [6.07, 6.45) is 1.41. The Bertz CT molecular complexity index is 1690. The summed E-state index contributed by atoms with van der Waals surface area (Å²) >= 11 is 0. The van der Waals surface area contributed by atoms with Gasteiger partial charge in [-0.1, -0.05) is 12.1 Å². The average molecular weight is 498 g/mol. The number of ether oxygens (including phenoxy) is 2. The van der Waals surface area contributed by atoms with Crippen molar-refractivity contribution in [3.05, 3.63) is 93.9 Å². The molecule has 37 heavy (non-hydrogen) atoms. The Morgan fingerprint density at radius 1 is 1.03 bits per heavy atom. The van der Waals surface area contributed by atoms with Gasteiger partial charge in [0.15, 0.2) is 17.2 Å². The fraction of sp³-hybridized carbons (Fsp3) is 0.148. The number of amides is 1. The zero-order valence-electron chi connectivity index (χ0n) is 20.6. The van der Waals surface area contributed by atoms with Crippen molar-refractivity contribution in [2.45, 2.75) is 20.8 Å². The maximum atomic E-state index is 12.8. The molecule has 1 amide bonds. The molecule has 0 bridgehead atoms. The highest BCUT2D eigenvalue weighted by molar-refractivity contribution is 6.05. The Kier molecular flexibility index (Phi) is 6.14. The predicted molar refractivity (Wildman–Crippen MR) is 137 cm³/mol. The highest BCUT2D eigenvalue weighted by atomic mass is 16.5. The number of nitrogens with one attached hydrogen (secondary N) is 1. The summed E-state index contributed by atoms with van der Waals surface area (Å²) in [6.45, 7) is 5.93. The molecule has 0 radical (unpaired) electrons. The van der Waals surface area contributed by atoms with Crippen LogP contribution in [0.5, 0.6) is 17.4 Å². The van der Waals surface area contributed by atoms with Crippen LogP contribution in [0.4, 0.5) is 5.69 Å². The minimum Gasteiger partial charge on any atom is -0.493 e. The van der Waals surface area contributed by atoms with E-state index in [1.165, 1.54) is 19.5 Å². The second-order valence-electron chi connectivity index (χ2n) is 8.33. The van der Waals surface area contributed by atoms with E-state index in [2.05, 4.69) is 20.4 Å². The van der Waals surface area contributed by atoms with E-state index < -0.39 is 11.5 Å². The van der Waals surface area contributed by atoms with Crippen LogP contribution in [-0.2, 0) is 0 Å². The standard InChI is InChI=1S/C27H23N5O5/c1-15-16(2)31-32(17(15)3)23-13-24(29-14-28-23)36-20-10-8-19(9-11-20)30-26(33)21-12-18-6-5-7-22(35-4)25(18)37-27(21)34/h5-14H,1-4H3,(H,30,33). The van der Waals surface area contributed by atoms with Crippen LogP contribution in [0.3, 0.4) is 0 Å². The van der Waals surface area contributed by atoms with E-state index in [4.69, 9.17) is 13.9 Å². The Labute approximate surface area is 211 Å². The fourth-order valence-electron chi connectivity index (χ4n) is 3.81. The number of benzene rings is 2. The molecule has 0 saturated carbocycles. The molecule has 0 aliphatic heterocycles. The molecule has 186 valence electrons. The van der Waals surface area contributed by atoms with Crippen molar-refractivity contribution >= 4 is 22.6 Å². The Balaban J connectivity index is 1.31. The molecular formula is C27H23N5O5. The lowest BCUT2D eigenvalue weighted by atomic mass is 10.1. The van der Waals surface area contributed by atoms with Crippen molar-refractivity contribution in [3.63, 3.8) is 0 Å². The van der Waals surface area contributed by atoms with Gasteiger partial charge in [-0.05, 0) is 62.7 Å². The summed E-state index contributed by atoms with van der Waals surface area (Å²) < 4.78 is 18.2. The maximum absolute atomic E-state index is 12.8. The third-order valence-corrected chi connectivity index (χ3v) is 6.02. The van der Waals surface area contributed by atoms with E-state index in [9.17, 15) is 9.59 Å². The van der Waals surface area contributed by atoms with Crippen LogP contribution in [0.2, 0.25) is 0 Å². The molecular weight excluding hydrogens is 474 g/mol. The molecule has 0 unspecified atom stereocenters. The van der Waals surface area contributed by atoms with E-state index in [-0.39, 0.29) is 11.1 Å². The van der Waals surface area contributed by atoms with Crippen molar-refractivity contribution in [2.75, 3.05) is 12.4 Å². The van der Waals surface area contributed by atoms with Gasteiger partial charge in [-0.15, -0.1) is 0 Å². The molecule has 5 rings (SSSR count). The topological polar surface area (TPSA) is 121 Å². The molecule has 0 aliphatic carbocycles. The number of rotatable bonds is 6. The number of methoxy groups -OCH3 is 1. The second-order valence-corrected chi connectivity index (χ2v) is 8.33. The zero-order chi connectivity index (χ0) is 26.1. The summed E-state index contributed by atoms with van der Waals surface area (Å²) in [5.74, 6) is 1.26. The lowest BCUT2D eigenvalue weighted by Gasteiger charge is -2.09. The minimum atomic E-state index is -0.758. The number of aromatic nitrogens is 4. The summed E-state index contributed by atoms with van der Waals surface area (Å²) in [4.78, 5) is 33.7. The number of hydrogen-bond donors (Lipinski definition) is 1. The molecule has 3 aromatic heterocycles. The first-order valence-electron chi connectivity index (χ1n) is 11.4. The number of carbonyl (C=O) groups is 1. The number of carbonyl (C=O) groups excluding carboxylic acids is 1. The number of para-hydroxylation sites is 1. The minimum absolute atomic E-state index is 0.117. The summed E-state index contributed by atoms with van der Waals surface area (Å²) in [6, 6.07) is 15.0. The van der Waals surface area contributed by atoms with E-state index in [0.29, 0.717) is 34.3 Å². The highest BCUT2D eigenvalue weighted by Gasteiger charge is 2.16. The Morgan fingerprint density at radius 2 is 1.81 bits per heavy atom. The van der Waals surface area contributed by atoms with Gasteiger partial charge >= 0.3 is 5.63 Å². The normalized spacial score (nSPS) is 10.9. The molecule has 10 heteroatoms. The van der Waals surface area contributed by atoms with Crippen LogP contribution in [-0.4, -0.2) is 32.8 Å². The molecule has 0 saturated heterocycles. The smallest absolute Gasteiger partial charge is 0.349 e. The third kappa shape index (κ3) is 4.64. The lowest BCUT2D eigenvalue weighted by Crippen LogP contribution is -2.20. The van der Waals surface area contributed by atoms with Crippen molar-refractivity contribution in [1.82, 2.24) is 19.7 Å². The van der Waals surface area contributed by atoms with Crippen molar-refractivity contribution in [1.29, 1.82) is 0 Å². The SMILES string of the molecule is COc1cccc2cc(C(=O)Nc3ccc(Oc4cc(-n5nc(C)c(C)c5C)ncn4)cc3)c(=O)oc12. The first-order chi connectivity index (χ1) is 17.8. The quantitative estimate of drug-likeness (QED) is 0.334. The van der Waals surface area contributed by atoms with Gasteiger partial charge in [0.1, 0.15) is 17.6 Å². The molecule has 0 spiro atoms. The fourth-order valence-corrected chi connectivity index (χ4v) is 3.81. The molecule has 3 heterocycles. The Morgan fingerprint density at radius 3 is 2.51 bits per heavy atom. The van der Waals surface area contributed by atoms with Crippen molar-refractivity contribution in [3.8, 4) is 23.2 Å². The highest BCUT2D eigenvalue weighted by Crippen LogP contribution is 2.26. The van der Waals surface area contributed by atoms with Crippen LogP contribution < -0.4 is 20.4 Å². The van der Waals surface area contributed by atoms with Gasteiger partial charge in [0.25, 0.3) is 5.91 Å². The van der Waals surface area contributed by atoms with E-state index >= 15 is 0 Å². The van der Waals surface area contributed by atoms with Gasteiger partial charge < -0.3 is 19.2 Å². The number of fused-ring (bicyclic) bond motifs is 1. The number of hydrogen-bond acceptors (Lipinski definition) is 8. The van der Waals surface area contributed by atoms with Gasteiger partial charge in [-0.3, -0.25) is 4.79 Å². The second kappa shape index (κ2) is 9.57. The van der Waals surface area contributed by atoms with Crippen LogP contribution in [0.25, 0.3) is 16.8 Å². The van der Waals surface area contributed by atoms with Crippen LogP contribution >= 0.6 is 0 Å². The number of anilines is 1. The van der Waals surface area contributed by atoms with Gasteiger partial charge in [-0.2, -0.15) is 5.10 Å². The molecule has 1 N–H and O–H groups in total. The van der Waals surface area contributed by atoms with E-state index in [1.807, 2.05) is 20.8 Å². The summed E-state index contributed by atoms with van der Waals surface area (Å²) in [5.41, 5.74) is 2.90. The third-order valence-electron chi connectivity index (χ3n) is 6.02. The summed E-state index contributed by atoms with van der Waals surface area (Å²) in [5, 5.41) is 7.80. The van der Waals surface area contributed by atoms with Crippen LogP contribution in [0.1, 0.15) is 27.3 Å². The molecule has 5 aromatic rings. The van der Waals surface area contributed by atoms with Crippen LogP contribution in [0.15, 0.2) is 70.1 Å². The number of nitrogens with zero attached hydrogens (tertiary/aromatic N) is 4. The van der Waals surface area contributed by atoms with Gasteiger partial charge in [-0.25, -0.2) is 19.4 Å². The molecule has 0 fully saturated rings. The number of aryl methyl sites for hydroxylation is 1. The van der Waals surface area contributed by atoms with E-state index in [0.717, 1.165) is 17.0 Å². The predicted octanol–water partition coefficient (Wildman–Crippen LogP) is 4.75. The molecule has 0 aliphatic rings. The Hall–Kier alpha value is -4.99. The largest absolute Gasteiger partial charge is 0.493 e.